The molecule has 1 saturated carbocycles. The molecular weight excluding hydrogens is 266 g/mol. The third-order valence-electron chi connectivity index (χ3n) is 5.49. The van der Waals surface area contributed by atoms with Crippen molar-refractivity contribution in [1.29, 1.82) is 0 Å². The van der Waals surface area contributed by atoms with Gasteiger partial charge in [-0.25, -0.2) is 8.78 Å². The maximum atomic E-state index is 14.2. The Bertz CT molecular complexity index is 447. The van der Waals surface area contributed by atoms with Crippen molar-refractivity contribution in [3.63, 3.8) is 0 Å². The maximum absolute atomic E-state index is 14.2. The lowest BCUT2D eigenvalue weighted by atomic mass is 9.62. The minimum absolute atomic E-state index is 0.102. The zero-order valence-electron chi connectivity index (χ0n) is 13.4. The molecule has 0 saturated heterocycles. The van der Waals surface area contributed by atoms with Crippen LogP contribution in [0.1, 0.15) is 83.1 Å². The van der Waals surface area contributed by atoms with Crippen LogP contribution in [0.2, 0.25) is 0 Å². The van der Waals surface area contributed by atoms with Gasteiger partial charge < -0.3 is 0 Å². The second-order valence-corrected chi connectivity index (χ2v) is 6.74. The minimum Gasteiger partial charge on any atom is -0.204 e. The average molecular weight is 294 g/mol. The molecule has 118 valence electrons. The van der Waals surface area contributed by atoms with E-state index in [0.717, 1.165) is 19.3 Å². The standard InChI is InChI=1S/C19H28F2/c1-3-4-6-12-19(13-7-5-8-14-19)15(2)16-10-9-11-17(20)18(16)21/h9-11,15H,3-8,12-14H2,1-2H3. The third kappa shape index (κ3) is 3.64. The number of rotatable bonds is 6. The monoisotopic (exact) mass is 294 g/mol. The highest BCUT2D eigenvalue weighted by Gasteiger charge is 2.38. The number of benzene rings is 1. The van der Waals surface area contributed by atoms with E-state index in [0.29, 0.717) is 5.56 Å². The first-order valence-corrected chi connectivity index (χ1v) is 8.54. The second-order valence-electron chi connectivity index (χ2n) is 6.74. The molecule has 1 fully saturated rings. The number of unbranched alkanes of at least 4 members (excludes halogenated alkanes) is 2. The van der Waals surface area contributed by atoms with Crippen LogP contribution in [0.4, 0.5) is 8.78 Å². The lowest BCUT2D eigenvalue weighted by molar-refractivity contribution is 0.129. The molecule has 1 aliphatic carbocycles. The summed E-state index contributed by atoms with van der Waals surface area (Å²) >= 11 is 0. The molecule has 1 aromatic carbocycles. The van der Waals surface area contributed by atoms with Crippen LogP contribution in [0.15, 0.2) is 18.2 Å². The fourth-order valence-corrected chi connectivity index (χ4v) is 4.07. The molecule has 0 aromatic heterocycles. The van der Waals surface area contributed by atoms with Crippen molar-refractivity contribution in [1.82, 2.24) is 0 Å². The summed E-state index contributed by atoms with van der Waals surface area (Å²) in [5, 5.41) is 0. The van der Waals surface area contributed by atoms with Crippen LogP contribution in [0.25, 0.3) is 0 Å². The molecule has 0 heterocycles. The van der Waals surface area contributed by atoms with Crippen LogP contribution in [-0.2, 0) is 0 Å². The minimum atomic E-state index is -0.709. The lowest BCUT2D eigenvalue weighted by Crippen LogP contribution is -2.31. The first-order chi connectivity index (χ1) is 10.1. The summed E-state index contributed by atoms with van der Waals surface area (Å²) in [7, 11) is 0. The van der Waals surface area contributed by atoms with E-state index in [1.165, 1.54) is 44.6 Å². The largest absolute Gasteiger partial charge is 0.204 e. The molecular formula is C19H28F2. The number of hydrogen-bond donors (Lipinski definition) is 0. The Labute approximate surface area is 128 Å². The van der Waals surface area contributed by atoms with Gasteiger partial charge in [-0.2, -0.15) is 0 Å². The van der Waals surface area contributed by atoms with E-state index in [9.17, 15) is 8.78 Å². The van der Waals surface area contributed by atoms with Gasteiger partial charge in [-0.15, -0.1) is 0 Å². The Morgan fingerprint density at radius 2 is 1.81 bits per heavy atom. The normalized spacial score (nSPS) is 19.4. The Balaban J connectivity index is 2.24. The summed E-state index contributed by atoms with van der Waals surface area (Å²) in [5.41, 5.74) is 0.746. The van der Waals surface area contributed by atoms with E-state index in [2.05, 4.69) is 13.8 Å². The number of hydrogen-bond acceptors (Lipinski definition) is 0. The van der Waals surface area contributed by atoms with E-state index in [-0.39, 0.29) is 11.3 Å². The van der Waals surface area contributed by atoms with Gasteiger partial charge in [0.15, 0.2) is 11.6 Å². The van der Waals surface area contributed by atoms with E-state index >= 15 is 0 Å². The first-order valence-electron chi connectivity index (χ1n) is 8.54. The topological polar surface area (TPSA) is 0 Å². The third-order valence-corrected chi connectivity index (χ3v) is 5.49. The molecule has 2 rings (SSSR count). The van der Waals surface area contributed by atoms with Gasteiger partial charge in [0, 0.05) is 0 Å². The van der Waals surface area contributed by atoms with Crippen molar-refractivity contribution in [2.45, 2.75) is 77.6 Å². The SMILES string of the molecule is CCCCCC1(C(C)c2cccc(F)c2F)CCCCC1. The fourth-order valence-electron chi connectivity index (χ4n) is 4.07. The van der Waals surface area contributed by atoms with Crippen molar-refractivity contribution >= 4 is 0 Å². The molecule has 1 unspecified atom stereocenters. The van der Waals surface area contributed by atoms with Crippen molar-refractivity contribution in [2.24, 2.45) is 5.41 Å². The highest BCUT2D eigenvalue weighted by atomic mass is 19.2. The van der Waals surface area contributed by atoms with Gasteiger partial charge in [-0.05, 0) is 42.2 Å². The quantitative estimate of drug-likeness (QED) is 0.518. The molecule has 2 heteroatoms. The predicted molar refractivity (Wildman–Crippen MR) is 84.4 cm³/mol. The van der Waals surface area contributed by atoms with Crippen LogP contribution in [0.5, 0.6) is 0 Å². The van der Waals surface area contributed by atoms with Gasteiger partial charge in [-0.3, -0.25) is 0 Å². The predicted octanol–water partition coefficient (Wildman–Crippen LogP) is 6.60. The lowest BCUT2D eigenvalue weighted by Gasteiger charge is -2.43. The van der Waals surface area contributed by atoms with Gasteiger partial charge in [0.2, 0.25) is 0 Å². The summed E-state index contributed by atoms with van der Waals surface area (Å²) < 4.78 is 27.8. The van der Waals surface area contributed by atoms with Gasteiger partial charge in [0.1, 0.15) is 0 Å². The summed E-state index contributed by atoms with van der Waals surface area (Å²) in [6.45, 7) is 4.32. The molecule has 1 aromatic rings. The van der Waals surface area contributed by atoms with E-state index in [1.807, 2.05) is 0 Å². The Kier molecular flexibility index (Phi) is 5.78. The fraction of sp³-hybridized carbons (Fsp3) is 0.684. The summed E-state index contributed by atoms with van der Waals surface area (Å²) in [4.78, 5) is 0. The van der Waals surface area contributed by atoms with E-state index < -0.39 is 11.6 Å². The maximum Gasteiger partial charge on any atom is 0.162 e. The van der Waals surface area contributed by atoms with E-state index in [1.54, 1.807) is 12.1 Å². The van der Waals surface area contributed by atoms with Gasteiger partial charge in [-0.1, -0.05) is 64.5 Å². The zero-order valence-corrected chi connectivity index (χ0v) is 13.4. The Morgan fingerprint density at radius 3 is 2.48 bits per heavy atom. The Hall–Kier alpha value is -0.920. The smallest absolute Gasteiger partial charge is 0.162 e. The van der Waals surface area contributed by atoms with Crippen LogP contribution in [0, 0.1) is 17.0 Å². The van der Waals surface area contributed by atoms with E-state index in [4.69, 9.17) is 0 Å². The second kappa shape index (κ2) is 7.38. The summed E-state index contributed by atoms with van der Waals surface area (Å²) in [6, 6.07) is 4.64. The Morgan fingerprint density at radius 1 is 1.10 bits per heavy atom. The molecule has 0 spiro atoms. The molecule has 0 bridgehead atoms. The van der Waals surface area contributed by atoms with Crippen molar-refractivity contribution < 1.29 is 8.78 Å². The van der Waals surface area contributed by atoms with Crippen molar-refractivity contribution in [3.05, 3.63) is 35.4 Å². The van der Waals surface area contributed by atoms with Gasteiger partial charge in [0.05, 0.1) is 0 Å². The van der Waals surface area contributed by atoms with Crippen molar-refractivity contribution in [2.75, 3.05) is 0 Å². The molecule has 0 aliphatic heterocycles. The molecule has 1 atom stereocenters. The van der Waals surface area contributed by atoms with Crippen LogP contribution in [-0.4, -0.2) is 0 Å². The highest BCUT2D eigenvalue weighted by molar-refractivity contribution is 5.25. The van der Waals surface area contributed by atoms with Crippen molar-refractivity contribution in [3.8, 4) is 0 Å². The molecule has 0 radical (unpaired) electrons. The zero-order chi connectivity index (χ0) is 15.3. The van der Waals surface area contributed by atoms with Crippen LogP contribution < -0.4 is 0 Å². The molecule has 0 N–H and O–H groups in total. The molecule has 1 aliphatic rings. The van der Waals surface area contributed by atoms with Gasteiger partial charge >= 0.3 is 0 Å². The molecule has 0 amide bonds. The van der Waals surface area contributed by atoms with Gasteiger partial charge in [0.25, 0.3) is 0 Å². The average Bonchev–Trinajstić information content (AvgIpc) is 2.50. The first kappa shape index (κ1) is 16.5. The van der Waals surface area contributed by atoms with Crippen LogP contribution >= 0.6 is 0 Å². The molecule has 0 nitrogen and oxygen atoms in total. The highest BCUT2D eigenvalue weighted by Crippen LogP contribution is 2.51. The summed E-state index contributed by atoms with van der Waals surface area (Å²) in [6.07, 6.45) is 10.9. The molecule has 21 heavy (non-hydrogen) atoms. The summed E-state index contributed by atoms with van der Waals surface area (Å²) in [5.74, 6) is -1.24. The number of halogens is 2. The van der Waals surface area contributed by atoms with Crippen LogP contribution in [0.3, 0.4) is 0 Å².